The van der Waals surface area contributed by atoms with E-state index in [-0.39, 0.29) is 35.4 Å². The molecule has 1 saturated heterocycles. The number of anilines is 1. The van der Waals surface area contributed by atoms with Crippen molar-refractivity contribution in [2.45, 2.75) is 4.90 Å². The van der Waals surface area contributed by atoms with Crippen LogP contribution in [0, 0.1) is 0 Å². The molecule has 1 fully saturated rings. The predicted molar refractivity (Wildman–Crippen MR) is 102 cm³/mol. The Morgan fingerprint density at radius 3 is 2.57 bits per heavy atom. The second kappa shape index (κ2) is 7.59. The highest BCUT2D eigenvalue weighted by molar-refractivity contribution is 7.89. The van der Waals surface area contributed by atoms with Crippen LogP contribution in [0.3, 0.4) is 0 Å². The molecule has 1 N–H and O–H groups in total. The summed E-state index contributed by atoms with van der Waals surface area (Å²) >= 11 is 6.15. The Labute approximate surface area is 167 Å². The van der Waals surface area contributed by atoms with Crippen molar-refractivity contribution in [3.05, 3.63) is 47.0 Å². The Morgan fingerprint density at radius 2 is 1.79 bits per heavy atom. The number of nitrogens with zero attached hydrogens (tertiary/aromatic N) is 1. The number of sulfonamides is 1. The number of hydrogen-bond acceptors (Lipinski definition) is 6. The third kappa shape index (κ3) is 3.66. The van der Waals surface area contributed by atoms with Gasteiger partial charge in [0.25, 0.3) is 5.91 Å². The van der Waals surface area contributed by atoms with E-state index in [2.05, 4.69) is 5.32 Å². The maximum Gasteiger partial charge on any atom is 0.257 e. The van der Waals surface area contributed by atoms with Gasteiger partial charge >= 0.3 is 0 Å². The van der Waals surface area contributed by atoms with Crippen LogP contribution >= 0.6 is 11.6 Å². The Kier molecular flexibility index (Phi) is 5.15. The molecule has 0 bridgehead atoms. The van der Waals surface area contributed by atoms with Gasteiger partial charge < -0.3 is 19.5 Å². The fraction of sp³-hybridized carbons (Fsp3) is 0.278. The first-order valence-corrected chi connectivity index (χ1v) is 10.4. The van der Waals surface area contributed by atoms with Crippen molar-refractivity contribution in [3.63, 3.8) is 0 Å². The number of benzene rings is 2. The van der Waals surface area contributed by atoms with Crippen molar-refractivity contribution in [3.8, 4) is 11.5 Å². The molecule has 0 unspecified atom stereocenters. The standard InChI is InChI=1S/C18H17ClN2O6S/c19-15-3-2-13(28(23,24)21-5-7-25-8-6-21)10-14(15)18(22)20-12-1-4-16-17(9-12)27-11-26-16/h1-4,9-10H,5-8,11H2,(H,20,22). The molecule has 0 saturated carbocycles. The lowest BCUT2D eigenvalue weighted by molar-refractivity contribution is 0.0730. The third-order valence-electron chi connectivity index (χ3n) is 4.42. The normalized spacial score (nSPS) is 16.8. The second-order valence-corrected chi connectivity index (χ2v) is 8.53. The van der Waals surface area contributed by atoms with Crippen molar-refractivity contribution in [2.75, 3.05) is 38.4 Å². The van der Waals surface area contributed by atoms with Gasteiger partial charge in [0.15, 0.2) is 11.5 Å². The molecule has 2 aliphatic heterocycles. The zero-order valence-corrected chi connectivity index (χ0v) is 16.3. The SMILES string of the molecule is O=C(Nc1ccc2c(c1)OCO2)c1cc(S(=O)(=O)N2CCOCC2)ccc1Cl. The van der Waals surface area contributed by atoms with Crippen molar-refractivity contribution in [2.24, 2.45) is 0 Å². The fourth-order valence-electron chi connectivity index (χ4n) is 2.95. The minimum atomic E-state index is -3.74. The Hall–Kier alpha value is -2.33. The summed E-state index contributed by atoms with van der Waals surface area (Å²) in [6.45, 7) is 1.34. The lowest BCUT2D eigenvalue weighted by atomic mass is 10.2. The van der Waals surface area contributed by atoms with Gasteiger partial charge in [-0.25, -0.2) is 8.42 Å². The molecule has 2 aromatic carbocycles. The van der Waals surface area contributed by atoms with Crippen molar-refractivity contribution in [1.29, 1.82) is 0 Å². The van der Waals surface area contributed by atoms with Crippen LogP contribution in [0.4, 0.5) is 5.69 Å². The highest BCUT2D eigenvalue weighted by Crippen LogP contribution is 2.34. The van der Waals surface area contributed by atoms with Crippen LogP contribution in [0.5, 0.6) is 11.5 Å². The van der Waals surface area contributed by atoms with Crippen molar-refractivity contribution in [1.82, 2.24) is 4.31 Å². The summed E-state index contributed by atoms with van der Waals surface area (Å²) in [5.41, 5.74) is 0.542. The Balaban J connectivity index is 1.59. The first kappa shape index (κ1) is 19.0. The molecule has 8 nitrogen and oxygen atoms in total. The number of carbonyl (C=O) groups is 1. The minimum absolute atomic E-state index is 0.00892. The van der Waals surface area contributed by atoms with Gasteiger partial charge in [-0.15, -0.1) is 0 Å². The van der Waals surface area contributed by atoms with Crippen LogP contribution in [-0.4, -0.2) is 51.7 Å². The maximum absolute atomic E-state index is 12.8. The molecule has 2 aliphatic rings. The predicted octanol–water partition coefficient (Wildman–Crippen LogP) is 2.34. The van der Waals surface area contributed by atoms with Gasteiger partial charge in [0.1, 0.15) is 0 Å². The third-order valence-corrected chi connectivity index (χ3v) is 6.64. The van der Waals surface area contributed by atoms with Crippen LogP contribution in [0.25, 0.3) is 0 Å². The molecule has 28 heavy (non-hydrogen) atoms. The monoisotopic (exact) mass is 424 g/mol. The summed E-state index contributed by atoms with van der Waals surface area (Å²) in [5, 5.41) is 2.85. The molecule has 1 amide bonds. The van der Waals surface area contributed by atoms with Gasteiger partial charge in [-0.2, -0.15) is 4.31 Å². The lowest BCUT2D eigenvalue weighted by Gasteiger charge is -2.26. The van der Waals surface area contributed by atoms with E-state index in [1.54, 1.807) is 18.2 Å². The topological polar surface area (TPSA) is 94.2 Å². The largest absolute Gasteiger partial charge is 0.454 e. The highest BCUT2D eigenvalue weighted by atomic mass is 35.5. The molecule has 10 heteroatoms. The van der Waals surface area contributed by atoms with E-state index in [0.29, 0.717) is 30.4 Å². The summed E-state index contributed by atoms with van der Waals surface area (Å²) in [6.07, 6.45) is 0. The molecular formula is C18H17ClN2O6S. The van der Waals surface area contributed by atoms with Crippen LogP contribution in [-0.2, 0) is 14.8 Å². The molecule has 148 valence electrons. The van der Waals surface area contributed by atoms with E-state index in [1.165, 1.54) is 22.5 Å². The number of hydrogen-bond donors (Lipinski definition) is 1. The van der Waals surface area contributed by atoms with Crippen LogP contribution < -0.4 is 14.8 Å². The highest BCUT2D eigenvalue weighted by Gasteiger charge is 2.27. The summed E-state index contributed by atoms with van der Waals surface area (Å²) in [5.74, 6) is 0.588. The van der Waals surface area contributed by atoms with Crippen molar-refractivity contribution < 1.29 is 27.4 Å². The number of carbonyl (C=O) groups excluding carboxylic acids is 1. The quantitative estimate of drug-likeness (QED) is 0.809. The van der Waals surface area contributed by atoms with Gasteiger partial charge in [-0.1, -0.05) is 11.6 Å². The van der Waals surface area contributed by atoms with E-state index in [1.807, 2.05) is 0 Å². The molecule has 0 aromatic heterocycles. The minimum Gasteiger partial charge on any atom is -0.454 e. The number of nitrogens with one attached hydrogen (secondary N) is 1. The maximum atomic E-state index is 12.8. The summed E-state index contributed by atoms with van der Waals surface area (Å²) < 4.78 is 42.7. The number of morpholine rings is 1. The molecule has 4 rings (SSSR count). The second-order valence-electron chi connectivity index (χ2n) is 6.18. The fourth-order valence-corrected chi connectivity index (χ4v) is 4.59. The number of rotatable bonds is 4. The van der Waals surface area contributed by atoms with Crippen LogP contribution in [0.15, 0.2) is 41.3 Å². The van der Waals surface area contributed by atoms with E-state index in [0.717, 1.165) is 0 Å². The first-order chi connectivity index (χ1) is 13.4. The Morgan fingerprint density at radius 1 is 1.04 bits per heavy atom. The molecule has 0 atom stereocenters. The smallest absolute Gasteiger partial charge is 0.257 e. The zero-order valence-electron chi connectivity index (χ0n) is 14.7. The summed E-state index contributed by atoms with van der Waals surface area (Å²) in [6, 6.07) is 9.05. The first-order valence-electron chi connectivity index (χ1n) is 8.53. The molecule has 0 aliphatic carbocycles. The van der Waals surface area contributed by atoms with E-state index in [9.17, 15) is 13.2 Å². The zero-order chi connectivity index (χ0) is 19.7. The summed E-state index contributed by atoms with van der Waals surface area (Å²) in [7, 11) is -3.74. The number of fused-ring (bicyclic) bond motifs is 1. The van der Waals surface area contributed by atoms with E-state index >= 15 is 0 Å². The number of halogens is 1. The van der Waals surface area contributed by atoms with Gasteiger partial charge in [0, 0.05) is 24.8 Å². The number of ether oxygens (including phenoxy) is 3. The average Bonchev–Trinajstić information content (AvgIpc) is 3.16. The molecule has 0 radical (unpaired) electrons. The Bertz CT molecular complexity index is 1020. The molecule has 0 spiro atoms. The molecule has 2 heterocycles. The van der Waals surface area contributed by atoms with Gasteiger partial charge in [0.2, 0.25) is 16.8 Å². The molecular weight excluding hydrogens is 408 g/mol. The average molecular weight is 425 g/mol. The van der Waals surface area contributed by atoms with E-state index < -0.39 is 15.9 Å². The van der Waals surface area contributed by atoms with Gasteiger partial charge in [-0.3, -0.25) is 4.79 Å². The van der Waals surface area contributed by atoms with Gasteiger partial charge in [0.05, 0.1) is 28.7 Å². The van der Waals surface area contributed by atoms with Crippen LogP contribution in [0.2, 0.25) is 5.02 Å². The van der Waals surface area contributed by atoms with Crippen LogP contribution in [0.1, 0.15) is 10.4 Å². The summed E-state index contributed by atoms with van der Waals surface area (Å²) in [4.78, 5) is 12.7. The van der Waals surface area contributed by atoms with Gasteiger partial charge in [-0.05, 0) is 30.3 Å². The number of amides is 1. The van der Waals surface area contributed by atoms with Crippen molar-refractivity contribution >= 4 is 33.2 Å². The lowest BCUT2D eigenvalue weighted by Crippen LogP contribution is -2.40. The van der Waals surface area contributed by atoms with E-state index in [4.69, 9.17) is 25.8 Å². The molecule has 2 aromatic rings.